The van der Waals surface area contributed by atoms with Crippen molar-refractivity contribution >= 4 is 77.7 Å². The number of hydrogen-bond donors (Lipinski definition) is 16. The number of carboxylic acid groups (broad SMARTS) is 1. The topological polar surface area (TPSA) is 444 Å². The number of rotatable bonds is 28. The molecular weight excluding hydrogens is 843 g/mol. The quantitative estimate of drug-likeness (QED) is 0.0161. The average Bonchev–Trinajstić information content (AvgIpc) is 3.22. The van der Waals surface area contributed by atoms with E-state index in [0.717, 1.165) is 0 Å². The molecule has 0 aliphatic carbocycles. The van der Waals surface area contributed by atoms with Crippen LogP contribution in [0.15, 0.2) is 29.3 Å². The minimum atomic E-state index is -1.62. The number of phenolic OH excluding ortho intramolecular Hbond substituents is 1. The summed E-state index contributed by atoms with van der Waals surface area (Å²) in [5.41, 5.74) is 21.5. The summed E-state index contributed by atoms with van der Waals surface area (Å²) in [4.78, 5) is 130. The van der Waals surface area contributed by atoms with Crippen LogP contribution in [-0.2, 0) is 54.4 Å². The summed E-state index contributed by atoms with van der Waals surface area (Å²) in [6, 6.07) is -3.37. The number of hydrogen-bond acceptors (Lipinski definition) is 15. The number of aliphatic hydroxyl groups excluding tert-OH is 1. The summed E-state index contributed by atoms with van der Waals surface area (Å²) < 4.78 is 0. The number of thiol groups is 1. The first-order valence-electron chi connectivity index (χ1n) is 18.8. The number of guanidine groups is 1. The van der Waals surface area contributed by atoms with Gasteiger partial charge in [0.15, 0.2) is 5.96 Å². The van der Waals surface area contributed by atoms with E-state index in [0.29, 0.717) is 5.56 Å². The van der Waals surface area contributed by atoms with Gasteiger partial charge in [0.1, 0.15) is 42.0 Å². The Morgan fingerprint density at radius 2 is 1.19 bits per heavy atom. The van der Waals surface area contributed by atoms with Crippen molar-refractivity contribution in [2.24, 2.45) is 27.9 Å². The van der Waals surface area contributed by atoms with Crippen LogP contribution in [0.3, 0.4) is 0 Å². The van der Waals surface area contributed by atoms with Crippen LogP contribution in [0.2, 0.25) is 0 Å². The normalized spacial score (nSPS) is 13.5. The van der Waals surface area contributed by atoms with Crippen molar-refractivity contribution in [3.8, 4) is 5.75 Å². The fourth-order valence-corrected chi connectivity index (χ4v) is 5.27. The Labute approximate surface area is 360 Å². The van der Waals surface area contributed by atoms with Crippen LogP contribution in [0.4, 0.5) is 0 Å². The molecule has 0 aromatic heterocycles. The van der Waals surface area contributed by atoms with E-state index in [1.807, 2.05) is 0 Å². The molecule has 9 amide bonds. The summed E-state index contributed by atoms with van der Waals surface area (Å²) in [6.07, 6.45) is -1.38. The third-order valence-electron chi connectivity index (χ3n) is 8.37. The van der Waals surface area contributed by atoms with Crippen molar-refractivity contribution in [3.05, 3.63) is 29.8 Å². The van der Waals surface area contributed by atoms with Gasteiger partial charge in [-0.1, -0.05) is 12.1 Å². The third-order valence-corrected chi connectivity index (χ3v) is 8.74. The van der Waals surface area contributed by atoms with Gasteiger partial charge in [-0.3, -0.25) is 52.9 Å². The number of aliphatic imine (C=N–C) groups is 1. The summed E-state index contributed by atoms with van der Waals surface area (Å²) in [7, 11) is 0. The zero-order valence-corrected chi connectivity index (χ0v) is 34.6. The number of nitrogens with zero attached hydrogens (tertiary/aromatic N) is 1. The van der Waals surface area contributed by atoms with Crippen LogP contribution in [0.1, 0.15) is 38.2 Å². The van der Waals surface area contributed by atoms with E-state index in [2.05, 4.69) is 60.2 Å². The molecule has 1 aromatic carbocycles. The molecular formula is C35H55N13O13S. The maximum absolute atomic E-state index is 13.6. The van der Waals surface area contributed by atoms with Crippen LogP contribution in [0.25, 0.3) is 0 Å². The molecule has 0 aliphatic rings. The zero-order valence-electron chi connectivity index (χ0n) is 33.7. The summed E-state index contributed by atoms with van der Waals surface area (Å²) in [5.74, 6) is -10.1. The minimum absolute atomic E-state index is 0.0193. The first-order valence-corrected chi connectivity index (χ1v) is 19.4. The number of carbonyl (C=O) groups is 10. The van der Waals surface area contributed by atoms with E-state index in [1.54, 1.807) is 0 Å². The molecule has 1 rings (SSSR count). The average molecular weight is 898 g/mol. The van der Waals surface area contributed by atoms with Crippen LogP contribution in [0, 0.1) is 0 Å². The van der Waals surface area contributed by atoms with E-state index >= 15 is 0 Å². The summed E-state index contributed by atoms with van der Waals surface area (Å²) in [6.45, 7) is -1.06. The SMILES string of the molecule is C[C@H](NC(=O)[C@H](CCCN=C(N)N)NC(=O)[C@H](CS)NC(=O)CNC(=O)CNC(=O)CN)C(=O)N[C@@H](CCC(=O)O)C(=O)N[C@@H](Cc1ccc(O)cc1)C(=O)N[C@@H](CO)C(N)=O. The van der Waals surface area contributed by atoms with Gasteiger partial charge in [-0.05, 0) is 43.9 Å². The molecule has 0 bridgehead atoms. The molecule has 0 heterocycles. The molecule has 0 saturated heterocycles. The van der Waals surface area contributed by atoms with Crippen molar-refractivity contribution < 1.29 is 63.3 Å². The highest BCUT2D eigenvalue weighted by molar-refractivity contribution is 7.80. The van der Waals surface area contributed by atoms with Gasteiger partial charge in [-0.15, -0.1) is 0 Å². The van der Waals surface area contributed by atoms with Crippen molar-refractivity contribution in [2.45, 2.75) is 75.3 Å². The highest BCUT2D eigenvalue weighted by Gasteiger charge is 2.32. The number of benzene rings is 1. The molecule has 19 N–H and O–H groups in total. The second kappa shape index (κ2) is 27.9. The lowest BCUT2D eigenvalue weighted by molar-refractivity contribution is -0.138. The second-order valence-electron chi connectivity index (χ2n) is 13.4. The van der Waals surface area contributed by atoms with Gasteiger partial charge >= 0.3 is 5.97 Å². The predicted molar refractivity (Wildman–Crippen MR) is 221 cm³/mol. The van der Waals surface area contributed by atoms with Gasteiger partial charge in [0.2, 0.25) is 53.2 Å². The van der Waals surface area contributed by atoms with E-state index in [9.17, 15) is 63.3 Å². The largest absolute Gasteiger partial charge is 0.508 e. The Balaban J connectivity index is 3.19. The number of phenols is 1. The molecule has 27 heteroatoms. The van der Waals surface area contributed by atoms with E-state index in [1.165, 1.54) is 31.2 Å². The Hall–Kier alpha value is -6.74. The minimum Gasteiger partial charge on any atom is -0.508 e. The monoisotopic (exact) mass is 897 g/mol. The Morgan fingerprint density at radius 3 is 1.76 bits per heavy atom. The van der Waals surface area contributed by atoms with Crippen molar-refractivity contribution in [2.75, 3.05) is 38.5 Å². The second-order valence-corrected chi connectivity index (χ2v) is 13.7. The van der Waals surface area contributed by atoms with Gasteiger partial charge in [0.25, 0.3) is 0 Å². The molecule has 26 nitrogen and oxygen atoms in total. The number of carbonyl (C=O) groups excluding carboxylic acids is 9. The first kappa shape index (κ1) is 53.3. The smallest absolute Gasteiger partial charge is 0.303 e. The van der Waals surface area contributed by atoms with E-state index in [4.69, 9.17) is 22.9 Å². The molecule has 0 radical (unpaired) electrons. The number of nitrogens with one attached hydrogen (secondary N) is 8. The lowest BCUT2D eigenvalue weighted by atomic mass is 10.0. The number of aromatic hydroxyl groups is 1. The lowest BCUT2D eigenvalue weighted by Gasteiger charge is -2.26. The number of aliphatic carboxylic acids is 1. The molecule has 0 saturated carbocycles. The number of primary amides is 1. The molecule has 0 spiro atoms. The van der Waals surface area contributed by atoms with Gasteiger partial charge < -0.3 is 80.8 Å². The maximum atomic E-state index is 13.6. The first-order chi connectivity index (χ1) is 29.2. The van der Waals surface area contributed by atoms with Crippen LogP contribution in [0.5, 0.6) is 5.75 Å². The van der Waals surface area contributed by atoms with E-state index in [-0.39, 0.29) is 49.8 Å². The van der Waals surface area contributed by atoms with Crippen molar-refractivity contribution in [1.29, 1.82) is 0 Å². The highest BCUT2D eigenvalue weighted by Crippen LogP contribution is 2.12. The van der Waals surface area contributed by atoms with Crippen LogP contribution >= 0.6 is 12.6 Å². The number of amides is 9. The maximum Gasteiger partial charge on any atom is 0.303 e. The van der Waals surface area contributed by atoms with E-state index < -0.39 is 128 Å². The van der Waals surface area contributed by atoms with Gasteiger partial charge in [-0.2, -0.15) is 12.6 Å². The van der Waals surface area contributed by atoms with Crippen LogP contribution < -0.4 is 65.5 Å². The molecule has 0 aliphatic heterocycles. The van der Waals surface area contributed by atoms with Gasteiger partial charge in [0, 0.05) is 25.1 Å². The standard InChI is InChI=1S/C35H55N13O13S/c1-17(43-31(58)20(3-2-10-40-35(38)39)46-34(61)24(16-62)44-27(53)14-42-26(52)13-41-25(51)12-36)30(57)45-21(8-9-28(54)55)32(59)47-22(11-18-4-6-19(50)7-5-18)33(60)48-23(15-49)29(37)56/h4-7,17,20-24,49-50,62H,2-3,8-16,36H2,1H3,(H2,37,56)(H,41,51)(H,42,52)(H,43,58)(H,44,53)(H,45,57)(H,46,61)(H,47,59)(H,48,60)(H,54,55)(H4,38,39,40)/t17-,20-,21-,22-,23-,24-/m0/s1. The fraction of sp³-hybridized carbons (Fsp3) is 0.514. The summed E-state index contributed by atoms with van der Waals surface area (Å²) in [5, 5.41) is 47.1. The number of aliphatic hydroxyl groups is 1. The van der Waals surface area contributed by atoms with Gasteiger partial charge in [0.05, 0.1) is 26.2 Å². The Morgan fingerprint density at radius 1 is 0.677 bits per heavy atom. The molecule has 1 aromatic rings. The number of nitrogens with two attached hydrogens (primary N) is 4. The Bertz CT molecular complexity index is 1780. The third kappa shape index (κ3) is 21.0. The highest BCUT2D eigenvalue weighted by atomic mass is 32.1. The molecule has 62 heavy (non-hydrogen) atoms. The molecule has 0 unspecified atom stereocenters. The lowest BCUT2D eigenvalue weighted by Crippen LogP contribution is -2.60. The summed E-state index contributed by atoms with van der Waals surface area (Å²) >= 11 is 4.08. The van der Waals surface area contributed by atoms with Crippen LogP contribution in [-0.4, -0.2) is 155 Å². The Kier molecular flexibility index (Phi) is 24.0. The van der Waals surface area contributed by atoms with Crippen molar-refractivity contribution in [3.63, 3.8) is 0 Å². The zero-order chi connectivity index (χ0) is 46.9. The molecule has 344 valence electrons. The molecule has 6 atom stereocenters. The fourth-order valence-electron chi connectivity index (χ4n) is 5.02. The van der Waals surface area contributed by atoms with Gasteiger partial charge in [-0.25, -0.2) is 0 Å². The van der Waals surface area contributed by atoms with Crippen molar-refractivity contribution in [1.82, 2.24) is 42.5 Å². The predicted octanol–water partition coefficient (Wildman–Crippen LogP) is -7.62. The number of carboxylic acids is 1. The molecule has 0 fully saturated rings.